The van der Waals surface area contributed by atoms with E-state index in [1.165, 1.54) is 17.7 Å². The molecule has 1 saturated carbocycles. The number of amides is 1. The van der Waals surface area contributed by atoms with Crippen molar-refractivity contribution in [3.63, 3.8) is 0 Å². The monoisotopic (exact) mass is 332 g/mol. The van der Waals surface area contributed by atoms with Gasteiger partial charge in [0.25, 0.3) is 5.91 Å². The van der Waals surface area contributed by atoms with Gasteiger partial charge in [-0.1, -0.05) is 5.16 Å². The van der Waals surface area contributed by atoms with E-state index in [0.29, 0.717) is 17.2 Å². The number of hydrogen-bond donors (Lipinski definition) is 0. The summed E-state index contributed by atoms with van der Waals surface area (Å²) in [6, 6.07) is 2.25. The fourth-order valence-corrected chi connectivity index (χ4v) is 4.46. The Hall–Kier alpha value is -1.73. The standard InChI is InChI=1S/C16H20N4O2S/c1-19(11-14-17-5-9-23-14)13-10-16(13)3-6-20(7-4-16)15(21)12-2-8-22-18-12/h2,5,8-9,13H,3-4,6-7,10-11H2,1H3/t13-/m1/s1. The molecular formula is C16H20N4O2S. The van der Waals surface area contributed by atoms with Gasteiger partial charge in [-0.15, -0.1) is 11.3 Å². The van der Waals surface area contributed by atoms with Crippen LogP contribution in [-0.4, -0.2) is 52.0 Å². The van der Waals surface area contributed by atoms with Crippen molar-refractivity contribution in [1.29, 1.82) is 0 Å². The van der Waals surface area contributed by atoms with Crippen molar-refractivity contribution in [1.82, 2.24) is 19.9 Å². The molecule has 1 aliphatic heterocycles. The Balaban J connectivity index is 1.32. The van der Waals surface area contributed by atoms with Crippen LogP contribution < -0.4 is 0 Å². The van der Waals surface area contributed by atoms with Gasteiger partial charge in [0.15, 0.2) is 5.69 Å². The number of rotatable bonds is 4. The van der Waals surface area contributed by atoms with Gasteiger partial charge < -0.3 is 9.42 Å². The first kappa shape index (κ1) is 14.8. The highest BCUT2D eigenvalue weighted by molar-refractivity contribution is 7.09. The summed E-state index contributed by atoms with van der Waals surface area (Å²) in [5.74, 6) is -0.0121. The van der Waals surface area contributed by atoms with Gasteiger partial charge in [-0.2, -0.15) is 0 Å². The van der Waals surface area contributed by atoms with E-state index >= 15 is 0 Å². The summed E-state index contributed by atoms with van der Waals surface area (Å²) in [5, 5.41) is 6.95. The zero-order valence-electron chi connectivity index (χ0n) is 13.1. The van der Waals surface area contributed by atoms with Gasteiger partial charge >= 0.3 is 0 Å². The number of likely N-dealkylation sites (tertiary alicyclic amines) is 1. The van der Waals surface area contributed by atoms with E-state index in [2.05, 4.69) is 22.1 Å². The molecule has 0 N–H and O–H groups in total. The molecule has 23 heavy (non-hydrogen) atoms. The summed E-state index contributed by atoms with van der Waals surface area (Å²) in [7, 11) is 2.19. The molecule has 1 atom stereocenters. The number of piperidine rings is 1. The topological polar surface area (TPSA) is 62.5 Å². The molecule has 7 heteroatoms. The molecule has 3 heterocycles. The average molecular weight is 332 g/mol. The highest BCUT2D eigenvalue weighted by atomic mass is 32.1. The van der Waals surface area contributed by atoms with E-state index in [-0.39, 0.29) is 5.91 Å². The minimum atomic E-state index is -0.0121. The van der Waals surface area contributed by atoms with Crippen LogP contribution in [0.2, 0.25) is 0 Å². The third kappa shape index (κ3) is 2.79. The predicted molar refractivity (Wildman–Crippen MR) is 86.1 cm³/mol. The molecule has 2 aromatic heterocycles. The second-order valence-corrected chi connectivity index (χ2v) is 7.58. The normalized spacial score (nSPS) is 22.7. The molecular weight excluding hydrogens is 312 g/mol. The molecule has 2 fully saturated rings. The van der Waals surface area contributed by atoms with E-state index in [0.717, 1.165) is 32.5 Å². The molecule has 1 amide bonds. The lowest BCUT2D eigenvalue weighted by atomic mass is 9.92. The first-order valence-electron chi connectivity index (χ1n) is 7.96. The van der Waals surface area contributed by atoms with Crippen LogP contribution in [0.5, 0.6) is 0 Å². The maximum absolute atomic E-state index is 12.3. The summed E-state index contributed by atoms with van der Waals surface area (Å²) < 4.78 is 4.77. The molecule has 0 bridgehead atoms. The van der Waals surface area contributed by atoms with E-state index in [1.54, 1.807) is 17.4 Å². The van der Waals surface area contributed by atoms with Crippen molar-refractivity contribution in [3.05, 3.63) is 34.6 Å². The lowest BCUT2D eigenvalue weighted by Gasteiger charge is -2.33. The fraction of sp³-hybridized carbons (Fsp3) is 0.562. The largest absolute Gasteiger partial charge is 0.364 e. The number of thiazole rings is 1. The molecule has 0 radical (unpaired) electrons. The molecule has 6 nitrogen and oxygen atoms in total. The quantitative estimate of drug-likeness (QED) is 0.859. The van der Waals surface area contributed by atoms with E-state index in [1.807, 2.05) is 16.5 Å². The maximum atomic E-state index is 12.3. The summed E-state index contributed by atoms with van der Waals surface area (Å²) in [6.45, 7) is 2.55. The zero-order chi connectivity index (χ0) is 15.9. The van der Waals surface area contributed by atoms with Crippen LogP contribution in [0.4, 0.5) is 0 Å². The Morgan fingerprint density at radius 3 is 3.00 bits per heavy atom. The molecule has 1 saturated heterocycles. The van der Waals surface area contributed by atoms with Crippen molar-refractivity contribution in [3.8, 4) is 0 Å². The van der Waals surface area contributed by atoms with Gasteiger partial charge in [-0.3, -0.25) is 9.69 Å². The molecule has 4 rings (SSSR count). The number of aromatic nitrogens is 2. The van der Waals surface area contributed by atoms with Gasteiger partial charge in [0.1, 0.15) is 11.3 Å². The Bertz CT molecular complexity index is 662. The van der Waals surface area contributed by atoms with Gasteiger partial charge in [-0.25, -0.2) is 4.98 Å². The van der Waals surface area contributed by atoms with Crippen molar-refractivity contribution in [2.75, 3.05) is 20.1 Å². The van der Waals surface area contributed by atoms with Crippen molar-refractivity contribution in [2.45, 2.75) is 31.8 Å². The van der Waals surface area contributed by atoms with Crippen LogP contribution in [-0.2, 0) is 6.54 Å². The predicted octanol–water partition coefficient (Wildman–Crippen LogP) is 2.26. The van der Waals surface area contributed by atoms with Crippen LogP contribution in [0.3, 0.4) is 0 Å². The van der Waals surface area contributed by atoms with Crippen LogP contribution in [0.15, 0.2) is 28.4 Å². The maximum Gasteiger partial charge on any atom is 0.276 e. The summed E-state index contributed by atoms with van der Waals surface area (Å²) in [4.78, 5) is 21.0. The van der Waals surface area contributed by atoms with Crippen LogP contribution >= 0.6 is 11.3 Å². The van der Waals surface area contributed by atoms with Gasteiger partial charge in [0.2, 0.25) is 0 Å². The Labute approximate surface area is 139 Å². The van der Waals surface area contributed by atoms with Crippen molar-refractivity contribution in [2.24, 2.45) is 5.41 Å². The van der Waals surface area contributed by atoms with Crippen molar-refractivity contribution < 1.29 is 9.32 Å². The summed E-state index contributed by atoms with van der Waals surface area (Å²) in [5.41, 5.74) is 0.807. The number of nitrogens with zero attached hydrogens (tertiary/aromatic N) is 4. The molecule has 122 valence electrons. The number of carbonyl (C=O) groups is 1. The summed E-state index contributed by atoms with van der Waals surface area (Å²) >= 11 is 1.71. The SMILES string of the molecule is CN(Cc1nccs1)[C@@H]1CC12CCN(C(=O)c1ccon1)CC2. The van der Waals surface area contributed by atoms with Gasteiger partial charge in [0.05, 0.1) is 6.54 Å². The lowest BCUT2D eigenvalue weighted by molar-refractivity contribution is 0.0647. The molecule has 2 aromatic rings. The zero-order valence-corrected chi connectivity index (χ0v) is 14.0. The fourth-order valence-electron chi connectivity index (χ4n) is 3.78. The Morgan fingerprint density at radius 1 is 1.52 bits per heavy atom. The highest BCUT2D eigenvalue weighted by Crippen LogP contribution is 2.56. The van der Waals surface area contributed by atoms with Gasteiger partial charge in [0, 0.05) is 36.8 Å². The van der Waals surface area contributed by atoms with E-state index < -0.39 is 0 Å². The molecule has 1 spiro atoms. The van der Waals surface area contributed by atoms with Gasteiger partial charge in [-0.05, 0) is 31.7 Å². The third-order valence-corrected chi connectivity index (χ3v) is 6.01. The number of carbonyl (C=O) groups excluding carboxylic acids is 1. The summed E-state index contributed by atoms with van der Waals surface area (Å²) in [6.07, 6.45) is 6.70. The first-order valence-corrected chi connectivity index (χ1v) is 8.84. The number of hydrogen-bond acceptors (Lipinski definition) is 6. The Morgan fingerprint density at radius 2 is 2.35 bits per heavy atom. The van der Waals surface area contributed by atoms with Crippen LogP contribution in [0, 0.1) is 5.41 Å². The van der Waals surface area contributed by atoms with Crippen LogP contribution in [0.25, 0.3) is 0 Å². The Kier molecular flexibility index (Phi) is 3.69. The molecule has 2 aliphatic rings. The molecule has 0 unspecified atom stereocenters. The smallest absolute Gasteiger partial charge is 0.276 e. The van der Waals surface area contributed by atoms with E-state index in [4.69, 9.17) is 4.52 Å². The minimum Gasteiger partial charge on any atom is -0.364 e. The average Bonchev–Trinajstić information content (AvgIpc) is 2.99. The lowest BCUT2D eigenvalue weighted by Crippen LogP contribution is -2.41. The molecule has 0 aromatic carbocycles. The van der Waals surface area contributed by atoms with E-state index in [9.17, 15) is 4.79 Å². The second-order valence-electron chi connectivity index (χ2n) is 6.60. The molecule has 1 aliphatic carbocycles. The minimum absolute atomic E-state index is 0.0121. The third-order valence-electron chi connectivity index (χ3n) is 5.25. The second kappa shape index (κ2) is 5.72. The highest BCUT2D eigenvalue weighted by Gasteiger charge is 2.56. The first-order chi connectivity index (χ1) is 11.2. The van der Waals surface area contributed by atoms with Crippen molar-refractivity contribution >= 4 is 17.2 Å². The van der Waals surface area contributed by atoms with Crippen LogP contribution in [0.1, 0.15) is 34.8 Å².